The summed E-state index contributed by atoms with van der Waals surface area (Å²) in [5, 5.41) is 15.0. The Labute approximate surface area is 155 Å². The van der Waals surface area contributed by atoms with Crippen LogP contribution in [0.15, 0.2) is 48.8 Å². The first-order valence-corrected chi connectivity index (χ1v) is 8.43. The number of anilines is 1. The molecule has 1 aliphatic heterocycles. The molecule has 3 N–H and O–H groups in total. The van der Waals surface area contributed by atoms with E-state index in [4.69, 9.17) is 0 Å². The minimum atomic E-state index is -1.10. The van der Waals surface area contributed by atoms with Gasteiger partial charge >= 0.3 is 5.97 Å². The van der Waals surface area contributed by atoms with E-state index in [2.05, 4.69) is 20.6 Å². The zero-order valence-electron chi connectivity index (χ0n) is 14.4. The van der Waals surface area contributed by atoms with Crippen LogP contribution in [-0.4, -0.2) is 62.9 Å². The van der Waals surface area contributed by atoms with Crippen LogP contribution in [0.5, 0.6) is 0 Å². The number of rotatable bonds is 6. The van der Waals surface area contributed by atoms with Crippen LogP contribution in [0.1, 0.15) is 16.8 Å². The standard InChI is InChI=1S/C18H19N5O4/c24-15(10-21-18-19-7-4-8-20-18)23-11-13(9-14(23)17(26)27)22-16(25)12-5-2-1-3-6-12/h1-8,13-14H,9-11H2,(H,22,25)(H,26,27)(H,19,20,21)/t13-,14+/m1/s1. The van der Waals surface area contributed by atoms with Crippen LogP contribution in [0.3, 0.4) is 0 Å². The lowest BCUT2D eigenvalue weighted by Crippen LogP contribution is -2.44. The van der Waals surface area contributed by atoms with Crippen LogP contribution in [-0.2, 0) is 9.59 Å². The van der Waals surface area contributed by atoms with E-state index in [1.807, 2.05) is 0 Å². The van der Waals surface area contributed by atoms with E-state index in [9.17, 15) is 19.5 Å². The first kappa shape index (κ1) is 18.3. The highest BCUT2D eigenvalue weighted by atomic mass is 16.4. The van der Waals surface area contributed by atoms with Gasteiger partial charge in [-0.25, -0.2) is 14.8 Å². The van der Waals surface area contributed by atoms with Gasteiger partial charge in [-0.15, -0.1) is 0 Å². The molecule has 1 aromatic carbocycles. The molecule has 2 aromatic rings. The summed E-state index contributed by atoms with van der Waals surface area (Å²) in [5.74, 6) is -1.51. The van der Waals surface area contributed by atoms with E-state index in [0.717, 1.165) is 0 Å². The van der Waals surface area contributed by atoms with Crippen molar-refractivity contribution in [2.75, 3.05) is 18.4 Å². The number of carbonyl (C=O) groups is 3. The number of carbonyl (C=O) groups excluding carboxylic acids is 2. The van der Waals surface area contributed by atoms with Crippen molar-refractivity contribution in [1.29, 1.82) is 0 Å². The lowest BCUT2D eigenvalue weighted by Gasteiger charge is -2.21. The molecule has 0 bridgehead atoms. The van der Waals surface area contributed by atoms with Crippen molar-refractivity contribution in [3.8, 4) is 0 Å². The summed E-state index contributed by atoms with van der Waals surface area (Å²) in [7, 11) is 0. The Morgan fingerprint density at radius 1 is 1.11 bits per heavy atom. The van der Waals surface area contributed by atoms with Gasteiger partial charge in [0.05, 0.1) is 6.54 Å². The Bertz CT molecular complexity index is 815. The second-order valence-corrected chi connectivity index (χ2v) is 6.10. The highest BCUT2D eigenvalue weighted by molar-refractivity contribution is 5.94. The van der Waals surface area contributed by atoms with Crippen LogP contribution >= 0.6 is 0 Å². The van der Waals surface area contributed by atoms with Gasteiger partial charge in [-0.2, -0.15) is 0 Å². The highest BCUT2D eigenvalue weighted by Crippen LogP contribution is 2.19. The Morgan fingerprint density at radius 2 is 1.81 bits per heavy atom. The first-order chi connectivity index (χ1) is 13.0. The Hall–Kier alpha value is -3.49. The SMILES string of the molecule is O=C(N[C@@H]1C[C@@H](C(=O)O)N(C(=O)CNc2ncccn2)C1)c1ccccc1. The third-order valence-electron chi connectivity index (χ3n) is 4.24. The highest BCUT2D eigenvalue weighted by Gasteiger charge is 2.40. The van der Waals surface area contributed by atoms with Crippen molar-refractivity contribution >= 4 is 23.7 Å². The number of carboxylic acid groups (broad SMARTS) is 1. The number of nitrogens with zero attached hydrogens (tertiary/aromatic N) is 3. The van der Waals surface area contributed by atoms with E-state index < -0.39 is 24.0 Å². The number of aliphatic carboxylic acids is 1. The van der Waals surface area contributed by atoms with Crippen LogP contribution in [0, 0.1) is 0 Å². The van der Waals surface area contributed by atoms with Gasteiger partial charge in [0, 0.05) is 37.0 Å². The van der Waals surface area contributed by atoms with Crippen molar-refractivity contribution in [2.24, 2.45) is 0 Å². The molecule has 27 heavy (non-hydrogen) atoms. The van der Waals surface area contributed by atoms with E-state index in [0.29, 0.717) is 5.56 Å². The second-order valence-electron chi connectivity index (χ2n) is 6.10. The van der Waals surface area contributed by atoms with E-state index in [1.54, 1.807) is 36.4 Å². The van der Waals surface area contributed by atoms with Gasteiger partial charge in [0.15, 0.2) is 0 Å². The van der Waals surface area contributed by atoms with Crippen molar-refractivity contribution < 1.29 is 19.5 Å². The lowest BCUT2D eigenvalue weighted by molar-refractivity contribution is -0.147. The molecule has 0 radical (unpaired) electrons. The summed E-state index contributed by atoms with van der Waals surface area (Å²) in [5.41, 5.74) is 0.483. The zero-order chi connectivity index (χ0) is 19.2. The van der Waals surface area contributed by atoms with Crippen molar-refractivity contribution in [2.45, 2.75) is 18.5 Å². The van der Waals surface area contributed by atoms with Gasteiger partial charge < -0.3 is 20.6 Å². The minimum Gasteiger partial charge on any atom is -0.480 e. The summed E-state index contributed by atoms with van der Waals surface area (Å²) >= 11 is 0. The molecule has 3 rings (SSSR count). The largest absolute Gasteiger partial charge is 0.480 e. The number of benzene rings is 1. The topological polar surface area (TPSA) is 125 Å². The molecule has 9 heteroatoms. The molecule has 0 unspecified atom stereocenters. The average molecular weight is 369 g/mol. The number of hydrogen-bond donors (Lipinski definition) is 3. The number of hydrogen-bond acceptors (Lipinski definition) is 6. The fourth-order valence-corrected chi connectivity index (χ4v) is 2.96. The quantitative estimate of drug-likeness (QED) is 0.672. The van der Waals surface area contributed by atoms with Crippen LogP contribution in [0.25, 0.3) is 0 Å². The number of likely N-dealkylation sites (tertiary alicyclic amines) is 1. The Balaban J connectivity index is 1.61. The second kappa shape index (κ2) is 8.26. The van der Waals surface area contributed by atoms with E-state index in [1.165, 1.54) is 17.3 Å². The maximum absolute atomic E-state index is 12.5. The molecule has 9 nitrogen and oxygen atoms in total. The van der Waals surface area contributed by atoms with Crippen LogP contribution in [0.4, 0.5) is 5.95 Å². The number of aromatic nitrogens is 2. The molecule has 1 saturated heterocycles. The van der Waals surface area contributed by atoms with E-state index in [-0.39, 0.29) is 31.4 Å². The van der Waals surface area contributed by atoms with E-state index >= 15 is 0 Å². The van der Waals surface area contributed by atoms with Gasteiger partial charge in [0.25, 0.3) is 5.91 Å². The zero-order valence-corrected chi connectivity index (χ0v) is 14.4. The molecule has 0 spiro atoms. The van der Waals surface area contributed by atoms with Crippen LogP contribution in [0.2, 0.25) is 0 Å². The third-order valence-corrected chi connectivity index (χ3v) is 4.24. The van der Waals surface area contributed by atoms with Gasteiger partial charge in [0.1, 0.15) is 6.04 Å². The maximum Gasteiger partial charge on any atom is 0.326 e. The minimum absolute atomic E-state index is 0.131. The molecule has 140 valence electrons. The lowest BCUT2D eigenvalue weighted by atomic mass is 10.1. The summed E-state index contributed by atoms with van der Waals surface area (Å²) in [4.78, 5) is 45.4. The predicted octanol–water partition coefficient (Wildman–Crippen LogP) is 0.373. The summed E-state index contributed by atoms with van der Waals surface area (Å²) in [6.45, 7) is -0.00115. The molecule has 0 aliphatic carbocycles. The van der Waals surface area contributed by atoms with Gasteiger partial charge in [-0.1, -0.05) is 18.2 Å². The van der Waals surface area contributed by atoms with Crippen molar-refractivity contribution in [3.63, 3.8) is 0 Å². The monoisotopic (exact) mass is 369 g/mol. The Morgan fingerprint density at radius 3 is 2.48 bits per heavy atom. The summed E-state index contributed by atoms with van der Waals surface area (Å²) < 4.78 is 0. The molecular weight excluding hydrogens is 350 g/mol. The smallest absolute Gasteiger partial charge is 0.326 e. The molecule has 1 fully saturated rings. The normalized spacial score (nSPS) is 18.7. The molecule has 2 amide bonds. The molecule has 2 heterocycles. The van der Waals surface area contributed by atoms with Crippen molar-refractivity contribution in [1.82, 2.24) is 20.2 Å². The van der Waals surface area contributed by atoms with Crippen molar-refractivity contribution in [3.05, 3.63) is 54.4 Å². The first-order valence-electron chi connectivity index (χ1n) is 8.43. The van der Waals surface area contributed by atoms with Gasteiger partial charge in [-0.05, 0) is 18.2 Å². The summed E-state index contributed by atoms with van der Waals surface area (Å²) in [6.07, 6.45) is 3.22. The number of nitrogens with one attached hydrogen (secondary N) is 2. The fraction of sp³-hybridized carbons (Fsp3) is 0.278. The molecule has 2 atom stereocenters. The summed E-state index contributed by atoms with van der Waals surface area (Å²) in [6, 6.07) is 8.86. The Kier molecular flexibility index (Phi) is 5.60. The number of amides is 2. The third kappa shape index (κ3) is 4.57. The number of carboxylic acids is 1. The fourth-order valence-electron chi connectivity index (χ4n) is 2.96. The predicted molar refractivity (Wildman–Crippen MR) is 96.0 cm³/mol. The molecular formula is C18H19N5O4. The molecule has 0 saturated carbocycles. The molecule has 1 aliphatic rings. The molecule has 1 aromatic heterocycles. The van der Waals surface area contributed by atoms with Crippen LogP contribution < -0.4 is 10.6 Å². The van der Waals surface area contributed by atoms with Gasteiger partial charge in [-0.3, -0.25) is 9.59 Å². The van der Waals surface area contributed by atoms with Gasteiger partial charge in [0.2, 0.25) is 11.9 Å². The average Bonchev–Trinajstić information content (AvgIpc) is 3.12. The maximum atomic E-state index is 12.5.